The Bertz CT molecular complexity index is 1140. The van der Waals surface area contributed by atoms with E-state index in [1.165, 1.54) is 7.11 Å². The normalized spacial score (nSPS) is 17.9. The molecule has 0 radical (unpaired) electrons. The Balaban J connectivity index is 0.000000115. The number of Topliss-reactive ketones (excluding diaryl/α,β-unsaturated/α-hetero) is 1. The Hall–Kier alpha value is -4.05. The van der Waals surface area contributed by atoms with Crippen LogP contribution in [0.15, 0.2) is 60.1 Å². The predicted molar refractivity (Wildman–Crippen MR) is 114 cm³/mol. The molecule has 3 aliphatic heterocycles. The highest BCUT2D eigenvalue weighted by Gasteiger charge is 2.22. The molecular formula is C22H21N5O5. The molecular weight excluding hydrogens is 414 g/mol. The molecule has 6 heterocycles. The van der Waals surface area contributed by atoms with E-state index in [0.29, 0.717) is 36.4 Å². The van der Waals surface area contributed by atoms with E-state index < -0.39 is 0 Å². The maximum absolute atomic E-state index is 10.9. The van der Waals surface area contributed by atoms with Crippen molar-refractivity contribution in [1.29, 1.82) is 0 Å². The van der Waals surface area contributed by atoms with Crippen LogP contribution >= 0.6 is 0 Å². The fourth-order valence-electron chi connectivity index (χ4n) is 3.12. The monoisotopic (exact) mass is 435 g/mol. The number of hydrogen-bond acceptors (Lipinski definition) is 10. The lowest BCUT2D eigenvalue weighted by Gasteiger charge is -1.96. The van der Waals surface area contributed by atoms with Crippen molar-refractivity contribution in [2.75, 3.05) is 26.9 Å². The second kappa shape index (κ2) is 9.84. The van der Waals surface area contributed by atoms with Crippen molar-refractivity contribution in [3.8, 4) is 17.6 Å². The first-order chi connectivity index (χ1) is 15.7. The van der Waals surface area contributed by atoms with Crippen LogP contribution in [0.3, 0.4) is 0 Å². The van der Waals surface area contributed by atoms with Gasteiger partial charge in [-0.1, -0.05) is 11.2 Å². The summed E-state index contributed by atoms with van der Waals surface area (Å²) in [6.07, 6.45) is 5.00. The molecule has 0 aliphatic carbocycles. The third-order valence-electron chi connectivity index (χ3n) is 4.64. The molecule has 0 spiro atoms. The molecule has 6 rings (SSSR count). The SMILES string of the molecule is CO/N=C1\COc2ncccc21.NC1COc2ncccc21.O=C1COc2ncccc21. The number of ether oxygens (including phenoxy) is 3. The van der Waals surface area contributed by atoms with Crippen LogP contribution < -0.4 is 19.9 Å². The predicted octanol–water partition coefficient (Wildman–Crippen LogP) is 1.95. The van der Waals surface area contributed by atoms with Crippen molar-refractivity contribution < 1.29 is 23.8 Å². The maximum atomic E-state index is 10.9. The molecule has 10 heteroatoms. The summed E-state index contributed by atoms with van der Waals surface area (Å²) < 4.78 is 15.4. The molecule has 0 fully saturated rings. The van der Waals surface area contributed by atoms with Gasteiger partial charge in [-0.15, -0.1) is 0 Å². The van der Waals surface area contributed by atoms with Gasteiger partial charge in [0, 0.05) is 24.2 Å². The molecule has 0 aromatic carbocycles. The zero-order chi connectivity index (χ0) is 22.3. The van der Waals surface area contributed by atoms with E-state index in [1.807, 2.05) is 24.3 Å². The lowest BCUT2D eigenvalue weighted by Crippen LogP contribution is -2.10. The minimum Gasteiger partial charge on any atom is -0.475 e. The third-order valence-corrected chi connectivity index (χ3v) is 4.64. The van der Waals surface area contributed by atoms with Gasteiger partial charge >= 0.3 is 0 Å². The zero-order valence-corrected chi connectivity index (χ0v) is 17.3. The summed E-state index contributed by atoms with van der Waals surface area (Å²) in [6, 6.07) is 11.0. The van der Waals surface area contributed by atoms with Crippen LogP contribution in [-0.2, 0) is 4.84 Å². The summed E-state index contributed by atoms with van der Waals surface area (Å²) >= 11 is 0. The van der Waals surface area contributed by atoms with E-state index >= 15 is 0 Å². The summed E-state index contributed by atoms with van der Waals surface area (Å²) in [5.41, 5.74) is 9.01. The summed E-state index contributed by atoms with van der Waals surface area (Å²) in [7, 11) is 1.52. The fraction of sp³-hybridized carbons (Fsp3) is 0.227. The number of carbonyl (C=O) groups is 1. The summed E-state index contributed by atoms with van der Waals surface area (Å²) in [5, 5.41) is 3.82. The summed E-state index contributed by atoms with van der Waals surface area (Å²) in [6.45, 7) is 1.15. The lowest BCUT2D eigenvalue weighted by atomic mass is 10.2. The Kier molecular flexibility index (Phi) is 6.52. The molecule has 0 amide bonds. The summed E-state index contributed by atoms with van der Waals surface area (Å²) in [5.74, 6) is 1.80. The van der Waals surface area contributed by atoms with Gasteiger partial charge in [-0.2, -0.15) is 0 Å². The molecule has 0 bridgehead atoms. The Morgan fingerprint density at radius 1 is 0.906 bits per heavy atom. The fourth-order valence-corrected chi connectivity index (χ4v) is 3.12. The van der Waals surface area contributed by atoms with Crippen molar-refractivity contribution in [2.45, 2.75) is 6.04 Å². The Morgan fingerprint density at radius 3 is 2.22 bits per heavy atom. The number of aromatic nitrogens is 3. The number of nitrogens with zero attached hydrogens (tertiary/aromatic N) is 4. The molecule has 2 N–H and O–H groups in total. The van der Waals surface area contributed by atoms with E-state index in [1.54, 1.807) is 30.7 Å². The molecule has 3 aromatic rings. The zero-order valence-electron chi connectivity index (χ0n) is 17.3. The van der Waals surface area contributed by atoms with Gasteiger partial charge in [0.15, 0.2) is 6.61 Å². The van der Waals surface area contributed by atoms with Crippen LogP contribution in [0.1, 0.15) is 27.5 Å². The topological polar surface area (TPSA) is 131 Å². The van der Waals surface area contributed by atoms with Gasteiger partial charge in [-0.3, -0.25) is 4.79 Å². The maximum Gasteiger partial charge on any atom is 0.224 e. The highest BCUT2D eigenvalue weighted by Crippen LogP contribution is 2.27. The highest BCUT2D eigenvalue weighted by molar-refractivity contribution is 6.05. The van der Waals surface area contributed by atoms with E-state index in [4.69, 9.17) is 19.9 Å². The number of carbonyl (C=O) groups excluding carboxylic acids is 1. The first kappa shape index (κ1) is 21.2. The highest BCUT2D eigenvalue weighted by atomic mass is 16.6. The third kappa shape index (κ3) is 4.65. The first-order valence-corrected chi connectivity index (χ1v) is 9.80. The smallest absolute Gasteiger partial charge is 0.224 e. The largest absolute Gasteiger partial charge is 0.475 e. The molecule has 1 unspecified atom stereocenters. The van der Waals surface area contributed by atoms with Gasteiger partial charge in [-0.05, 0) is 30.3 Å². The molecule has 0 saturated heterocycles. The molecule has 32 heavy (non-hydrogen) atoms. The first-order valence-electron chi connectivity index (χ1n) is 9.80. The minimum atomic E-state index is 0.0168. The molecule has 164 valence electrons. The van der Waals surface area contributed by atoms with Crippen molar-refractivity contribution in [2.24, 2.45) is 10.9 Å². The van der Waals surface area contributed by atoms with Crippen LogP contribution in [-0.4, -0.2) is 53.4 Å². The van der Waals surface area contributed by atoms with Crippen LogP contribution in [0.2, 0.25) is 0 Å². The number of oxime groups is 1. The average molecular weight is 435 g/mol. The number of fused-ring (bicyclic) bond motifs is 3. The second-order valence-corrected chi connectivity index (χ2v) is 6.75. The van der Waals surface area contributed by atoms with Gasteiger partial charge in [0.25, 0.3) is 0 Å². The summed E-state index contributed by atoms with van der Waals surface area (Å²) in [4.78, 5) is 27.5. The number of hydrogen-bond donors (Lipinski definition) is 1. The van der Waals surface area contributed by atoms with Gasteiger partial charge in [0.2, 0.25) is 23.4 Å². The Labute approximate surface area is 184 Å². The number of pyridine rings is 3. The molecule has 1 atom stereocenters. The molecule has 0 saturated carbocycles. The molecule has 10 nitrogen and oxygen atoms in total. The van der Waals surface area contributed by atoms with Crippen molar-refractivity contribution >= 4 is 11.5 Å². The van der Waals surface area contributed by atoms with Crippen molar-refractivity contribution in [1.82, 2.24) is 15.0 Å². The van der Waals surface area contributed by atoms with Gasteiger partial charge in [0.05, 0.1) is 17.2 Å². The van der Waals surface area contributed by atoms with Crippen molar-refractivity contribution in [3.63, 3.8) is 0 Å². The van der Waals surface area contributed by atoms with Crippen LogP contribution in [0, 0.1) is 0 Å². The van der Waals surface area contributed by atoms with E-state index in [9.17, 15) is 4.79 Å². The van der Waals surface area contributed by atoms with Gasteiger partial charge in [-0.25, -0.2) is 15.0 Å². The standard InChI is InChI=1S/C8H8N2O2.C7H8N2O.C7H5NO2/c1-11-10-7-5-12-8-6(7)3-2-4-9-8;8-6-4-10-7-5(6)2-1-3-9-7;9-6-4-10-7-5(6)2-1-3-8-7/h2-4H,5H2,1H3;1-3,6H,4,8H2;1-3H,4H2/b10-7+;;. The van der Waals surface area contributed by atoms with Crippen molar-refractivity contribution in [3.05, 3.63) is 71.7 Å². The minimum absolute atomic E-state index is 0.0168. The van der Waals surface area contributed by atoms with Gasteiger partial charge < -0.3 is 24.8 Å². The van der Waals surface area contributed by atoms with Crippen LogP contribution in [0.5, 0.6) is 17.6 Å². The van der Waals surface area contributed by atoms with E-state index in [0.717, 1.165) is 16.8 Å². The van der Waals surface area contributed by atoms with Crippen LogP contribution in [0.4, 0.5) is 0 Å². The van der Waals surface area contributed by atoms with Crippen LogP contribution in [0.25, 0.3) is 0 Å². The number of ketones is 1. The number of nitrogens with two attached hydrogens (primary N) is 1. The molecule has 3 aromatic heterocycles. The van der Waals surface area contributed by atoms with E-state index in [-0.39, 0.29) is 18.4 Å². The molecule has 3 aliphatic rings. The quantitative estimate of drug-likeness (QED) is 0.570. The number of rotatable bonds is 1. The van der Waals surface area contributed by atoms with Gasteiger partial charge in [0.1, 0.15) is 26.0 Å². The Morgan fingerprint density at radius 2 is 1.53 bits per heavy atom. The van der Waals surface area contributed by atoms with E-state index in [2.05, 4.69) is 24.9 Å². The lowest BCUT2D eigenvalue weighted by molar-refractivity contribution is 0.0960. The average Bonchev–Trinajstić information content (AvgIpc) is 3.54. The second-order valence-electron chi connectivity index (χ2n) is 6.75.